The van der Waals surface area contributed by atoms with Gasteiger partial charge in [-0.1, -0.05) is 27.2 Å². The average molecular weight is 200 g/mol. The van der Waals surface area contributed by atoms with Crippen LogP contribution >= 0.6 is 0 Å². The Labute approximate surface area is 87.4 Å². The van der Waals surface area contributed by atoms with Crippen molar-refractivity contribution in [3.8, 4) is 0 Å². The van der Waals surface area contributed by atoms with Crippen molar-refractivity contribution in [2.75, 3.05) is 13.1 Å². The third-order valence-electron chi connectivity index (χ3n) is 2.61. The lowest BCUT2D eigenvalue weighted by Gasteiger charge is -2.14. The van der Waals surface area contributed by atoms with Crippen molar-refractivity contribution in [2.24, 2.45) is 17.6 Å². The Kier molecular flexibility index (Phi) is 7.48. The van der Waals surface area contributed by atoms with Gasteiger partial charge in [0.25, 0.3) is 0 Å². The van der Waals surface area contributed by atoms with E-state index >= 15 is 0 Å². The predicted molar refractivity (Wildman–Crippen MR) is 59.9 cm³/mol. The van der Waals surface area contributed by atoms with Gasteiger partial charge in [0.1, 0.15) is 0 Å². The second kappa shape index (κ2) is 7.80. The van der Waals surface area contributed by atoms with Crippen molar-refractivity contribution in [2.45, 2.75) is 40.0 Å². The number of nitrogens with two attached hydrogens (primary N) is 1. The van der Waals surface area contributed by atoms with Crippen LogP contribution in [0.5, 0.6) is 0 Å². The molecule has 0 heterocycles. The second-order valence-corrected chi connectivity index (χ2v) is 4.09. The van der Waals surface area contributed by atoms with Crippen LogP contribution in [0.2, 0.25) is 0 Å². The van der Waals surface area contributed by atoms with Crippen molar-refractivity contribution in [3.05, 3.63) is 0 Å². The topological polar surface area (TPSA) is 55.1 Å². The maximum Gasteiger partial charge on any atom is 0.222 e. The van der Waals surface area contributed by atoms with Gasteiger partial charge in [0.05, 0.1) is 0 Å². The molecule has 0 aromatic carbocycles. The Morgan fingerprint density at radius 2 is 2.07 bits per heavy atom. The average Bonchev–Trinajstić information content (AvgIpc) is 2.21. The van der Waals surface area contributed by atoms with Crippen LogP contribution in [0.4, 0.5) is 0 Å². The summed E-state index contributed by atoms with van der Waals surface area (Å²) in [7, 11) is 0. The zero-order valence-electron chi connectivity index (χ0n) is 9.68. The second-order valence-electron chi connectivity index (χ2n) is 4.09. The van der Waals surface area contributed by atoms with Gasteiger partial charge in [0, 0.05) is 12.5 Å². The smallest absolute Gasteiger partial charge is 0.222 e. The SMILES string of the molecule is CCC(C)CNC(=O)C(C)CCCN. The summed E-state index contributed by atoms with van der Waals surface area (Å²) in [6, 6.07) is 0. The molecule has 0 fully saturated rings. The maximum absolute atomic E-state index is 11.5. The van der Waals surface area contributed by atoms with E-state index in [0.717, 1.165) is 25.8 Å². The highest BCUT2D eigenvalue weighted by atomic mass is 16.1. The van der Waals surface area contributed by atoms with Gasteiger partial charge in [0.2, 0.25) is 5.91 Å². The first-order valence-electron chi connectivity index (χ1n) is 5.59. The molecule has 0 aliphatic heterocycles. The molecular formula is C11H24N2O. The van der Waals surface area contributed by atoms with Gasteiger partial charge >= 0.3 is 0 Å². The number of rotatable bonds is 7. The molecule has 3 N–H and O–H groups in total. The maximum atomic E-state index is 11.5. The van der Waals surface area contributed by atoms with Crippen LogP contribution < -0.4 is 11.1 Å². The molecule has 0 aliphatic carbocycles. The van der Waals surface area contributed by atoms with E-state index in [1.54, 1.807) is 0 Å². The molecule has 0 bridgehead atoms. The van der Waals surface area contributed by atoms with Crippen LogP contribution in [0.15, 0.2) is 0 Å². The molecule has 0 aromatic heterocycles. The number of nitrogens with one attached hydrogen (secondary N) is 1. The van der Waals surface area contributed by atoms with Crippen LogP contribution in [0, 0.1) is 11.8 Å². The van der Waals surface area contributed by atoms with Crippen LogP contribution in [-0.2, 0) is 4.79 Å². The lowest BCUT2D eigenvalue weighted by atomic mass is 10.0. The largest absolute Gasteiger partial charge is 0.356 e. The molecular weight excluding hydrogens is 176 g/mol. The summed E-state index contributed by atoms with van der Waals surface area (Å²) in [4.78, 5) is 11.5. The minimum Gasteiger partial charge on any atom is -0.356 e. The number of hydrogen-bond donors (Lipinski definition) is 2. The zero-order valence-corrected chi connectivity index (χ0v) is 9.68. The first-order valence-corrected chi connectivity index (χ1v) is 5.59. The van der Waals surface area contributed by atoms with Crippen LogP contribution in [0.3, 0.4) is 0 Å². The molecule has 84 valence electrons. The summed E-state index contributed by atoms with van der Waals surface area (Å²) >= 11 is 0. The molecule has 3 heteroatoms. The summed E-state index contributed by atoms with van der Waals surface area (Å²) < 4.78 is 0. The molecule has 2 atom stereocenters. The van der Waals surface area contributed by atoms with E-state index in [4.69, 9.17) is 5.73 Å². The summed E-state index contributed by atoms with van der Waals surface area (Å²) in [5, 5.41) is 2.96. The van der Waals surface area contributed by atoms with Gasteiger partial charge < -0.3 is 11.1 Å². The van der Waals surface area contributed by atoms with E-state index < -0.39 is 0 Å². The van der Waals surface area contributed by atoms with Gasteiger partial charge in [-0.05, 0) is 25.3 Å². The molecule has 0 spiro atoms. The Balaban J connectivity index is 3.61. The molecule has 3 nitrogen and oxygen atoms in total. The summed E-state index contributed by atoms with van der Waals surface area (Å²) in [6.45, 7) is 7.70. The lowest BCUT2D eigenvalue weighted by Crippen LogP contribution is -2.32. The fourth-order valence-electron chi connectivity index (χ4n) is 1.15. The zero-order chi connectivity index (χ0) is 11.0. The van der Waals surface area contributed by atoms with Gasteiger partial charge in [-0.15, -0.1) is 0 Å². The van der Waals surface area contributed by atoms with E-state index in [1.165, 1.54) is 0 Å². The Morgan fingerprint density at radius 1 is 1.43 bits per heavy atom. The molecule has 0 saturated carbocycles. The predicted octanol–water partition coefficient (Wildman–Crippen LogP) is 1.52. The highest BCUT2D eigenvalue weighted by Crippen LogP contribution is 2.05. The monoisotopic (exact) mass is 200 g/mol. The van der Waals surface area contributed by atoms with E-state index in [-0.39, 0.29) is 11.8 Å². The van der Waals surface area contributed by atoms with Gasteiger partial charge in [-0.2, -0.15) is 0 Å². The molecule has 0 radical (unpaired) electrons. The number of hydrogen-bond acceptors (Lipinski definition) is 2. The van der Waals surface area contributed by atoms with Gasteiger partial charge in [0.15, 0.2) is 0 Å². The van der Waals surface area contributed by atoms with Gasteiger partial charge in [-0.3, -0.25) is 4.79 Å². The van der Waals surface area contributed by atoms with Crippen molar-refractivity contribution >= 4 is 5.91 Å². The van der Waals surface area contributed by atoms with Crippen molar-refractivity contribution in [1.29, 1.82) is 0 Å². The molecule has 2 unspecified atom stereocenters. The molecule has 1 amide bonds. The highest BCUT2D eigenvalue weighted by Gasteiger charge is 2.12. The summed E-state index contributed by atoms with van der Waals surface area (Å²) in [5.74, 6) is 0.835. The third-order valence-corrected chi connectivity index (χ3v) is 2.61. The molecule has 14 heavy (non-hydrogen) atoms. The third kappa shape index (κ3) is 5.97. The summed E-state index contributed by atoms with van der Waals surface area (Å²) in [5.41, 5.74) is 5.39. The lowest BCUT2D eigenvalue weighted by molar-refractivity contribution is -0.124. The molecule has 0 saturated heterocycles. The van der Waals surface area contributed by atoms with Crippen molar-refractivity contribution < 1.29 is 4.79 Å². The number of carbonyl (C=O) groups excluding carboxylic acids is 1. The highest BCUT2D eigenvalue weighted by molar-refractivity contribution is 5.78. The van der Waals surface area contributed by atoms with Gasteiger partial charge in [-0.25, -0.2) is 0 Å². The number of carbonyl (C=O) groups is 1. The standard InChI is InChI=1S/C11H24N2O/c1-4-9(2)8-13-11(14)10(3)6-5-7-12/h9-10H,4-8,12H2,1-3H3,(H,13,14). The minimum absolute atomic E-state index is 0.0996. The Hall–Kier alpha value is -0.570. The molecule has 0 rings (SSSR count). The first-order chi connectivity index (χ1) is 6.61. The van der Waals surface area contributed by atoms with E-state index in [2.05, 4.69) is 19.2 Å². The molecule has 0 aliphatic rings. The van der Waals surface area contributed by atoms with Crippen molar-refractivity contribution in [1.82, 2.24) is 5.32 Å². The van der Waals surface area contributed by atoms with Crippen LogP contribution in [-0.4, -0.2) is 19.0 Å². The van der Waals surface area contributed by atoms with E-state index in [0.29, 0.717) is 12.5 Å². The van der Waals surface area contributed by atoms with Crippen molar-refractivity contribution in [3.63, 3.8) is 0 Å². The summed E-state index contributed by atoms with van der Waals surface area (Å²) in [6.07, 6.45) is 2.93. The van der Waals surface area contributed by atoms with Crippen LogP contribution in [0.25, 0.3) is 0 Å². The van der Waals surface area contributed by atoms with E-state index in [9.17, 15) is 4.79 Å². The fraction of sp³-hybridized carbons (Fsp3) is 0.909. The Morgan fingerprint density at radius 3 is 2.57 bits per heavy atom. The van der Waals surface area contributed by atoms with Crippen LogP contribution in [0.1, 0.15) is 40.0 Å². The first kappa shape index (κ1) is 13.4. The number of amides is 1. The van der Waals surface area contributed by atoms with E-state index in [1.807, 2.05) is 6.92 Å². The molecule has 0 aromatic rings. The normalized spacial score (nSPS) is 14.9. The minimum atomic E-state index is 0.0996. The fourth-order valence-corrected chi connectivity index (χ4v) is 1.15. The Bertz CT molecular complexity index is 159. The quantitative estimate of drug-likeness (QED) is 0.654.